The van der Waals surface area contributed by atoms with Gasteiger partial charge in [-0.15, -0.1) is 0 Å². The smallest absolute Gasteiger partial charge is 0.262 e. The molecule has 0 aliphatic carbocycles. The Bertz CT molecular complexity index is 1280. The van der Waals surface area contributed by atoms with Crippen LogP contribution in [0, 0.1) is 20.8 Å². The van der Waals surface area contributed by atoms with Gasteiger partial charge in [-0.3, -0.25) is 9.52 Å². The van der Waals surface area contributed by atoms with Crippen LogP contribution in [0.3, 0.4) is 0 Å². The Labute approximate surface area is 193 Å². The van der Waals surface area contributed by atoms with Crippen LogP contribution in [-0.2, 0) is 10.0 Å². The number of carbonyl (C=O) groups is 1. The number of anilines is 1. The van der Waals surface area contributed by atoms with Gasteiger partial charge < -0.3 is 14.8 Å². The number of hydrogen-bond donors (Lipinski definition) is 2. The van der Waals surface area contributed by atoms with Gasteiger partial charge in [0.25, 0.3) is 15.9 Å². The lowest BCUT2D eigenvalue weighted by Crippen LogP contribution is -2.40. The predicted octanol–water partition coefficient (Wildman–Crippen LogP) is 3.98. The van der Waals surface area contributed by atoms with E-state index in [9.17, 15) is 13.2 Å². The average Bonchev–Trinajstić information content (AvgIpc) is 2.76. The number of ether oxygens (including phenoxy) is 2. The molecule has 0 bridgehead atoms. The second-order valence-corrected chi connectivity index (χ2v) is 9.82. The fourth-order valence-corrected chi connectivity index (χ4v) is 5.06. The molecule has 1 aliphatic heterocycles. The Morgan fingerprint density at radius 3 is 2.39 bits per heavy atom. The molecule has 0 spiro atoms. The molecule has 4 rings (SSSR count). The van der Waals surface area contributed by atoms with Crippen molar-refractivity contribution in [1.82, 2.24) is 5.32 Å². The van der Waals surface area contributed by atoms with E-state index in [0.29, 0.717) is 29.4 Å². The van der Waals surface area contributed by atoms with Crippen LogP contribution >= 0.6 is 0 Å². The molecule has 172 valence electrons. The maximum Gasteiger partial charge on any atom is 0.262 e. The number of sulfonamides is 1. The van der Waals surface area contributed by atoms with Gasteiger partial charge in [0.05, 0.1) is 11.4 Å². The van der Waals surface area contributed by atoms with Crippen LogP contribution in [-0.4, -0.2) is 33.6 Å². The number of aryl methyl sites for hydroxylation is 3. The highest BCUT2D eigenvalue weighted by atomic mass is 32.2. The normalized spacial score (nSPS) is 15.1. The summed E-state index contributed by atoms with van der Waals surface area (Å²) in [6.45, 7) is 6.04. The summed E-state index contributed by atoms with van der Waals surface area (Å²) in [6, 6.07) is 17.5. The van der Waals surface area contributed by atoms with Crippen molar-refractivity contribution < 1.29 is 22.7 Å². The van der Waals surface area contributed by atoms with Gasteiger partial charge in [-0.25, -0.2) is 8.42 Å². The van der Waals surface area contributed by atoms with Gasteiger partial charge in [-0.2, -0.15) is 0 Å². The first-order valence-electron chi connectivity index (χ1n) is 10.6. The number of fused-ring (bicyclic) bond motifs is 1. The van der Waals surface area contributed by atoms with Gasteiger partial charge in [0, 0.05) is 11.3 Å². The lowest BCUT2D eigenvalue weighted by molar-refractivity contribution is 0.0789. The Morgan fingerprint density at radius 1 is 0.970 bits per heavy atom. The second-order valence-electron chi connectivity index (χ2n) is 8.17. The maximum absolute atomic E-state index is 13.1. The first-order chi connectivity index (χ1) is 15.7. The van der Waals surface area contributed by atoms with Crippen molar-refractivity contribution in [2.45, 2.75) is 31.8 Å². The van der Waals surface area contributed by atoms with E-state index in [1.807, 2.05) is 44.2 Å². The topological polar surface area (TPSA) is 93.7 Å². The number of nitrogens with one attached hydrogen (secondary N) is 2. The maximum atomic E-state index is 13.1. The minimum absolute atomic E-state index is 0.0560. The van der Waals surface area contributed by atoms with Crippen molar-refractivity contribution in [3.63, 3.8) is 0 Å². The Balaban J connectivity index is 1.46. The second kappa shape index (κ2) is 9.15. The number of rotatable bonds is 6. The summed E-state index contributed by atoms with van der Waals surface area (Å²) in [5.74, 6) is 0.911. The third-order valence-electron chi connectivity index (χ3n) is 5.27. The van der Waals surface area contributed by atoms with Crippen LogP contribution in [0.15, 0.2) is 65.6 Å². The van der Waals surface area contributed by atoms with E-state index in [2.05, 4.69) is 10.0 Å². The molecule has 3 aromatic carbocycles. The summed E-state index contributed by atoms with van der Waals surface area (Å²) in [4.78, 5) is 12.8. The molecule has 1 atom stereocenters. The Hall–Kier alpha value is -3.52. The van der Waals surface area contributed by atoms with Gasteiger partial charge in [0.15, 0.2) is 11.5 Å². The van der Waals surface area contributed by atoms with Crippen LogP contribution < -0.4 is 19.5 Å². The number of amides is 1. The number of para-hydroxylation sites is 2. The predicted molar refractivity (Wildman–Crippen MR) is 127 cm³/mol. The average molecular weight is 467 g/mol. The molecule has 33 heavy (non-hydrogen) atoms. The summed E-state index contributed by atoms with van der Waals surface area (Å²) >= 11 is 0. The van der Waals surface area contributed by atoms with Crippen molar-refractivity contribution in [1.29, 1.82) is 0 Å². The molecule has 8 heteroatoms. The summed E-state index contributed by atoms with van der Waals surface area (Å²) in [5.41, 5.74) is 3.18. The third-order valence-corrected chi connectivity index (χ3v) is 6.79. The minimum Gasteiger partial charge on any atom is -0.486 e. The molecule has 1 aliphatic rings. The highest BCUT2D eigenvalue weighted by molar-refractivity contribution is 7.92. The molecule has 2 N–H and O–H groups in total. The minimum atomic E-state index is -3.88. The van der Waals surface area contributed by atoms with Crippen molar-refractivity contribution in [3.8, 4) is 11.5 Å². The molecule has 0 saturated carbocycles. The van der Waals surface area contributed by atoms with E-state index in [0.717, 1.165) is 11.1 Å². The van der Waals surface area contributed by atoms with Crippen LogP contribution in [0.25, 0.3) is 0 Å². The molecule has 3 aromatic rings. The van der Waals surface area contributed by atoms with E-state index >= 15 is 0 Å². The lowest BCUT2D eigenvalue weighted by Gasteiger charge is -2.26. The monoisotopic (exact) mass is 466 g/mol. The standard InChI is InChI=1S/C25H26N2O5S/c1-16-10-17(2)12-20(11-16)27-33(29,30)24-13-19(9-8-18(24)3)25(28)26-14-21-15-31-22-6-4-5-7-23(22)32-21/h4-13,21,27H,14-15H2,1-3H3,(H,26,28)/t21-/m0/s1. The van der Waals surface area contributed by atoms with Gasteiger partial charge in [0.1, 0.15) is 12.7 Å². The Morgan fingerprint density at radius 2 is 1.67 bits per heavy atom. The Kier molecular flexibility index (Phi) is 6.29. The van der Waals surface area contributed by atoms with E-state index < -0.39 is 10.0 Å². The van der Waals surface area contributed by atoms with Crippen LogP contribution in [0.5, 0.6) is 11.5 Å². The summed E-state index contributed by atoms with van der Waals surface area (Å²) < 4.78 is 40.3. The fraction of sp³-hybridized carbons (Fsp3) is 0.240. The number of carbonyl (C=O) groups excluding carboxylic acids is 1. The molecule has 0 fully saturated rings. The van der Waals surface area contributed by atoms with E-state index in [1.54, 1.807) is 31.2 Å². The SMILES string of the molecule is Cc1cc(C)cc(NS(=O)(=O)c2cc(C(=O)NC[C@H]3COc4ccccc4O3)ccc2C)c1. The molecule has 1 amide bonds. The van der Waals surface area contributed by atoms with Crippen molar-refractivity contribution >= 4 is 21.6 Å². The zero-order chi connectivity index (χ0) is 23.6. The zero-order valence-electron chi connectivity index (χ0n) is 18.7. The van der Waals surface area contributed by atoms with Crippen LogP contribution in [0.1, 0.15) is 27.0 Å². The zero-order valence-corrected chi connectivity index (χ0v) is 19.5. The first-order valence-corrected chi connectivity index (χ1v) is 12.1. The van der Waals surface area contributed by atoms with E-state index in [1.165, 1.54) is 6.07 Å². The van der Waals surface area contributed by atoms with Gasteiger partial charge in [0.2, 0.25) is 0 Å². The first kappa shape index (κ1) is 22.7. The van der Waals surface area contributed by atoms with Crippen molar-refractivity contribution in [2.24, 2.45) is 0 Å². The highest BCUT2D eigenvalue weighted by Gasteiger charge is 2.23. The molecular weight excluding hydrogens is 440 g/mol. The van der Waals surface area contributed by atoms with Gasteiger partial charge in [-0.05, 0) is 73.9 Å². The van der Waals surface area contributed by atoms with Crippen LogP contribution in [0.4, 0.5) is 5.69 Å². The van der Waals surface area contributed by atoms with Crippen LogP contribution in [0.2, 0.25) is 0 Å². The molecular formula is C25H26N2O5S. The van der Waals surface area contributed by atoms with E-state index in [-0.39, 0.29) is 29.0 Å². The molecule has 0 radical (unpaired) electrons. The third kappa shape index (κ3) is 5.28. The molecule has 0 aromatic heterocycles. The summed E-state index contributed by atoms with van der Waals surface area (Å²) in [6.07, 6.45) is -0.344. The number of benzene rings is 3. The van der Waals surface area contributed by atoms with Crippen molar-refractivity contribution in [3.05, 3.63) is 82.9 Å². The largest absolute Gasteiger partial charge is 0.486 e. The highest BCUT2D eigenvalue weighted by Crippen LogP contribution is 2.30. The molecule has 7 nitrogen and oxygen atoms in total. The van der Waals surface area contributed by atoms with E-state index in [4.69, 9.17) is 9.47 Å². The molecule has 1 heterocycles. The number of hydrogen-bond acceptors (Lipinski definition) is 5. The summed E-state index contributed by atoms with van der Waals surface area (Å²) in [7, 11) is -3.88. The van der Waals surface area contributed by atoms with Gasteiger partial charge >= 0.3 is 0 Å². The van der Waals surface area contributed by atoms with Gasteiger partial charge in [-0.1, -0.05) is 24.3 Å². The molecule has 0 unspecified atom stereocenters. The van der Waals surface area contributed by atoms with Crippen molar-refractivity contribution in [2.75, 3.05) is 17.9 Å². The lowest BCUT2D eigenvalue weighted by atomic mass is 10.1. The quantitative estimate of drug-likeness (QED) is 0.573. The fourth-order valence-electron chi connectivity index (χ4n) is 3.75. The summed E-state index contributed by atoms with van der Waals surface area (Å²) in [5, 5.41) is 2.80. The molecule has 0 saturated heterocycles.